The number of benzene rings is 1. The first-order chi connectivity index (χ1) is 5.81. The molecule has 2 rings (SSSR count). The predicted octanol–water partition coefficient (Wildman–Crippen LogP) is 3.00. The van der Waals surface area contributed by atoms with Gasteiger partial charge in [0.1, 0.15) is 5.58 Å². The molecule has 0 saturated heterocycles. The Balaban J connectivity index is 2.73. The molecule has 1 aromatic carbocycles. The minimum absolute atomic E-state index is 0.650. The minimum Gasteiger partial charge on any atom is -0.492 e. The van der Waals surface area contributed by atoms with E-state index in [1.165, 1.54) is 0 Å². The zero-order valence-electron chi connectivity index (χ0n) is 6.43. The van der Waals surface area contributed by atoms with Gasteiger partial charge in [0, 0.05) is 4.47 Å². The fourth-order valence-corrected chi connectivity index (χ4v) is 1.42. The lowest BCUT2D eigenvalue weighted by atomic mass is 10.2. The number of hydrogen-bond donors (Lipinski definition) is 0. The van der Waals surface area contributed by atoms with Crippen molar-refractivity contribution in [3.05, 3.63) is 28.9 Å². The van der Waals surface area contributed by atoms with Crippen LogP contribution in [0.1, 0.15) is 0 Å². The van der Waals surface area contributed by atoms with Gasteiger partial charge in [0.25, 0.3) is 0 Å². The maximum atomic E-state index is 5.14. The molecule has 0 atom stereocenters. The third kappa shape index (κ3) is 1.10. The summed E-state index contributed by atoms with van der Waals surface area (Å²) in [5, 5.41) is 0.945. The number of furan rings is 1. The summed E-state index contributed by atoms with van der Waals surface area (Å²) in [4.78, 5) is 0. The van der Waals surface area contributed by atoms with Crippen molar-refractivity contribution < 1.29 is 9.15 Å². The summed E-state index contributed by atoms with van der Waals surface area (Å²) in [6.45, 7) is 0. The molecule has 0 aliphatic heterocycles. The highest BCUT2D eigenvalue weighted by atomic mass is 79.9. The number of ether oxygens (including phenoxy) is 1. The van der Waals surface area contributed by atoms with Crippen LogP contribution in [0.25, 0.3) is 11.0 Å². The molecule has 0 bridgehead atoms. The molecule has 0 saturated carbocycles. The van der Waals surface area contributed by atoms with Gasteiger partial charge in [0.15, 0.2) is 5.75 Å². The molecule has 2 nitrogen and oxygen atoms in total. The van der Waals surface area contributed by atoms with Gasteiger partial charge in [0.05, 0.1) is 12.5 Å². The lowest BCUT2D eigenvalue weighted by Gasteiger charge is -1.93. The highest BCUT2D eigenvalue weighted by molar-refractivity contribution is 9.10. The van der Waals surface area contributed by atoms with E-state index >= 15 is 0 Å². The number of hydrogen-bond acceptors (Lipinski definition) is 2. The summed E-state index contributed by atoms with van der Waals surface area (Å²) in [7, 11) is 1.60. The Bertz CT molecular complexity index is 406. The molecule has 0 aliphatic carbocycles. The third-order valence-electron chi connectivity index (χ3n) is 1.65. The second-order valence-corrected chi connectivity index (χ2v) is 3.29. The van der Waals surface area contributed by atoms with Crippen molar-refractivity contribution in [3.8, 4) is 5.75 Å². The molecular formula is C9H6BrO2. The number of methoxy groups -OCH3 is 1. The molecule has 1 radical (unpaired) electrons. The zero-order chi connectivity index (χ0) is 8.55. The molecule has 0 unspecified atom stereocenters. The topological polar surface area (TPSA) is 22.4 Å². The normalized spacial score (nSPS) is 10.5. The summed E-state index contributed by atoms with van der Waals surface area (Å²) < 4.78 is 11.2. The van der Waals surface area contributed by atoms with Crippen LogP contribution in [0.2, 0.25) is 0 Å². The van der Waals surface area contributed by atoms with Crippen molar-refractivity contribution in [3.63, 3.8) is 0 Å². The first-order valence-corrected chi connectivity index (χ1v) is 4.24. The Morgan fingerprint density at radius 2 is 2.33 bits per heavy atom. The average Bonchev–Trinajstić information content (AvgIpc) is 2.46. The van der Waals surface area contributed by atoms with Gasteiger partial charge >= 0.3 is 0 Å². The standard InChI is InChI=1S/C9H6BrO2/c1-11-9-5-12-8-4-6(10)2-3-7(8)9/h2-4H,1H3. The maximum Gasteiger partial charge on any atom is 0.216 e. The summed E-state index contributed by atoms with van der Waals surface area (Å²) in [5.41, 5.74) is 0.779. The zero-order valence-corrected chi connectivity index (χ0v) is 8.01. The molecule has 0 aliphatic rings. The second kappa shape index (κ2) is 2.83. The summed E-state index contributed by atoms with van der Waals surface area (Å²) >= 11 is 3.35. The van der Waals surface area contributed by atoms with E-state index in [1.54, 1.807) is 7.11 Å². The summed E-state index contributed by atoms with van der Waals surface area (Å²) in [6, 6.07) is 5.75. The van der Waals surface area contributed by atoms with Crippen LogP contribution in [0, 0.1) is 6.26 Å². The molecular weight excluding hydrogens is 220 g/mol. The fourth-order valence-electron chi connectivity index (χ4n) is 1.08. The highest BCUT2D eigenvalue weighted by Crippen LogP contribution is 2.28. The largest absolute Gasteiger partial charge is 0.492 e. The van der Waals surface area contributed by atoms with E-state index in [0.29, 0.717) is 5.75 Å². The van der Waals surface area contributed by atoms with Gasteiger partial charge < -0.3 is 9.15 Å². The van der Waals surface area contributed by atoms with Crippen molar-refractivity contribution in [2.45, 2.75) is 0 Å². The lowest BCUT2D eigenvalue weighted by molar-refractivity contribution is 0.408. The van der Waals surface area contributed by atoms with Crippen molar-refractivity contribution in [1.82, 2.24) is 0 Å². The SMILES string of the molecule is COc1[c]oc2cc(Br)ccc12. The first-order valence-electron chi connectivity index (χ1n) is 3.45. The molecule has 2 aromatic rings. The molecule has 12 heavy (non-hydrogen) atoms. The van der Waals surface area contributed by atoms with Crippen molar-refractivity contribution in [2.75, 3.05) is 7.11 Å². The van der Waals surface area contributed by atoms with Crippen LogP contribution in [-0.2, 0) is 0 Å². The molecule has 0 amide bonds. The van der Waals surface area contributed by atoms with Crippen LogP contribution < -0.4 is 4.74 Å². The maximum absolute atomic E-state index is 5.14. The molecule has 0 N–H and O–H groups in total. The monoisotopic (exact) mass is 225 g/mol. The Morgan fingerprint density at radius 3 is 3.08 bits per heavy atom. The quantitative estimate of drug-likeness (QED) is 0.745. The lowest BCUT2D eigenvalue weighted by Crippen LogP contribution is -1.78. The van der Waals surface area contributed by atoms with Crippen LogP contribution in [0.5, 0.6) is 5.75 Å². The number of rotatable bonds is 1. The summed E-state index contributed by atoms with van der Waals surface area (Å²) in [6.07, 6.45) is 2.67. The van der Waals surface area contributed by atoms with E-state index in [-0.39, 0.29) is 0 Å². The van der Waals surface area contributed by atoms with E-state index in [2.05, 4.69) is 22.2 Å². The predicted molar refractivity (Wildman–Crippen MR) is 49.3 cm³/mol. The highest BCUT2D eigenvalue weighted by Gasteiger charge is 2.05. The Morgan fingerprint density at radius 1 is 1.50 bits per heavy atom. The molecule has 1 aromatic heterocycles. The first kappa shape index (κ1) is 7.68. The fraction of sp³-hybridized carbons (Fsp3) is 0.111. The molecule has 3 heteroatoms. The Labute approximate surface area is 78.3 Å². The molecule has 0 spiro atoms. The van der Waals surface area contributed by atoms with Crippen molar-refractivity contribution >= 4 is 26.9 Å². The Kier molecular flexibility index (Phi) is 1.81. The van der Waals surface area contributed by atoms with Gasteiger partial charge in [-0.2, -0.15) is 0 Å². The average molecular weight is 226 g/mol. The van der Waals surface area contributed by atoms with Crippen LogP contribution in [-0.4, -0.2) is 7.11 Å². The van der Waals surface area contributed by atoms with Gasteiger partial charge in [0.2, 0.25) is 6.26 Å². The van der Waals surface area contributed by atoms with Crippen LogP contribution in [0.15, 0.2) is 27.1 Å². The van der Waals surface area contributed by atoms with Gasteiger partial charge in [-0.15, -0.1) is 0 Å². The van der Waals surface area contributed by atoms with Gasteiger partial charge in [-0.25, -0.2) is 0 Å². The molecule has 0 fully saturated rings. The molecule has 61 valence electrons. The number of fused-ring (bicyclic) bond motifs is 1. The van der Waals surface area contributed by atoms with E-state index in [1.807, 2.05) is 18.2 Å². The van der Waals surface area contributed by atoms with Crippen LogP contribution >= 0.6 is 15.9 Å². The van der Waals surface area contributed by atoms with Gasteiger partial charge in [-0.3, -0.25) is 0 Å². The van der Waals surface area contributed by atoms with Crippen LogP contribution in [0.4, 0.5) is 0 Å². The molecule has 1 heterocycles. The van der Waals surface area contributed by atoms with Crippen molar-refractivity contribution in [2.24, 2.45) is 0 Å². The second-order valence-electron chi connectivity index (χ2n) is 2.38. The van der Waals surface area contributed by atoms with Gasteiger partial charge in [-0.1, -0.05) is 15.9 Å². The summed E-state index contributed by atoms with van der Waals surface area (Å²) in [5.74, 6) is 0.650. The van der Waals surface area contributed by atoms with E-state index < -0.39 is 0 Å². The third-order valence-corrected chi connectivity index (χ3v) is 2.14. The smallest absolute Gasteiger partial charge is 0.216 e. The van der Waals surface area contributed by atoms with Crippen molar-refractivity contribution in [1.29, 1.82) is 0 Å². The minimum atomic E-state index is 0.650. The van der Waals surface area contributed by atoms with E-state index in [9.17, 15) is 0 Å². The van der Waals surface area contributed by atoms with Crippen LogP contribution in [0.3, 0.4) is 0 Å². The van der Waals surface area contributed by atoms with Gasteiger partial charge in [-0.05, 0) is 18.2 Å². The van der Waals surface area contributed by atoms with E-state index in [0.717, 1.165) is 15.4 Å². The Hall–Kier alpha value is -0.960. The number of halogens is 1. The van der Waals surface area contributed by atoms with E-state index in [4.69, 9.17) is 9.15 Å².